The number of hydrogen-bond donors (Lipinski definition) is 2. The molecule has 0 saturated heterocycles. The van der Waals surface area contributed by atoms with E-state index in [1.807, 2.05) is 0 Å². The van der Waals surface area contributed by atoms with Crippen LogP contribution in [0.2, 0.25) is 0 Å². The minimum absolute atomic E-state index is 0.474. The third-order valence-electron chi connectivity index (χ3n) is 3.30. The predicted octanol–water partition coefficient (Wildman–Crippen LogP) is 4.75. The lowest BCUT2D eigenvalue weighted by atomic mass is 10.1. The molecule has 0 radical (unpaired) electrons. The molecular weight excluding hydrogens is 264 g/mol. The molecule has 0 aliphatic heterocycles. The predicted molar refractivity (Wildman–Crippen MR) is 91.3 cm³/mol. The van der Waals surface area contributed by atoms with Crippen LogP contribution >= 0.6 is 0 Å². The van der Waals surface area contributed by atoms with Gasteiger partial charge in [-0.1, -0.05) is 78.1 Å². The first kappa shape index (κ1) is 22.5. The highest BCUT2D eigenvalue weighted by molar-refractivity contribution is 5.64. The van der Waals surface area contributed by atoms with Gasteiger partial charge < -0.3 is 16.2 Å². The Hall–Kier alpha value is -0.770. The number of nitrogens with two attached hydrogens (primary N) is 2. The number of carbonyl (C=O) groups excluding carboxylic acids is 1. The van der Waals surface area contributed by atoms with Crippen LogP contribution < -0.4 is 11.5 Å². The summed E-state index contributed by atoms with van der Waals surface area (Å²) in [6.07, 6.45) is 14.5. The standard InChI is InChI=1S/C9H19NO2.C8H19N/c1-2-3-4-5-6-7-8-12-9(10)11;1-2-3-4-5-6-7-8-9/h2-8H2,1H3,(H2,10,11);2-9H2,1H3. The lowest BCUT2D eigenvalue weighted by Gasteiger charge is -2.00. The van der Waals surface area contributed by atoms with Gasteiger partial charge in [0.25, 0.3) is 0 Å². The van der Waals surface area contributed by atoms with E-state index in [9.17, 15) is 4.79 Å². The maximum absolute atomic E-state index is 10.1. The zero-order valence-corrected chi connectivity index (χ0v) is 14.4. The number of carbonyl (C=O) groups is 1. The van der Waals surface area contributed by atoms with Gasteiger partial charge in [0.1, 0.15) is 0 Å². The average molecular weight is 303 g/mol. The molecule has 21 heavy (non-hydrogen) atoms. The van der Waals surface area contributed by atoms with Gasteiger partial charge >= 0.3 is 6.09 Å². The molecule has 128 valence electrons. The third kappa shape index (κ3) is 28.2. The summed E-state index contributed by atoms with van der Waals surface area (Å²) in [6.45, 7) is 5.77. The second-order valence-electron chi connectivity index (χ2n) is 5.49. The Morgan fingerprint density at radius 3 is 1.62 bits per heavy atom. The molecular formula is C17H38N2O2. The number of primary amides is 1. The second-order valence-corrected chi connectivity index (χ2v) is 5.49. The van der Waals surface area contributed by atoms with Crippen LogP contribution in [0.25, 0.3) is 0 Å². The lowest BCUT2D eigenvalue weighted by Crippen LogP contribution is -2.13. The average Bonchev–Trinajstić information content (AvgIpc) is 2.47. The summed E-state index contributed by atoms with van der Waals surface area (Å²) in [5.41, 5.74) is 10.1. The van der Waals surface area contributed by atoms with E-state index in [1.165, 1.54) is 64.2 Å². The second kappa shape index (κ2) is 21.5. The van der Waals surface area contributed by atoms with Crippen molar-refractivity contribution in [1.82, 2.24) is 0 Å². The van der Waals surface area contributed by atoms with E-state index in [4.69, 9.17) is 11.5 Å². The number of unbranched alkanes of at least 4 members (excludes halogenated alkanes) is 10. The summed E-state index contributed by atoms with van der Waals surface area (Å²) in [6, 6.07) is 0. The van der Waals surface area contributed by atoms with E-state index < -0.39 is 6.09 Å². The van der Waals surface area contributed by atoms with E-state index in [0.717, 1.165) is 19.4 Å². The van der Waals surface area contributed by atoms with Crippen LogP contribution in [0.3, 0.4) is 0 Å². The highest BCUT2D eigenvalue weighted by Crippen LogP contribution is 2.04. The molecule has 1 amide bonds. The van der Waals surface area contributed by atoms with Crippen LogP contribution in [0, 0.1) is 0 Å². The molecule has 0 spiro atoms. The van der Waals surface area contributed by atoms with Gasteiger partial charge in [0.2, 0.25) is 0 Å². The van der Waals surface area contributed by atoms with Crippen molar-refractivity contribution in [2.75, 3.05) is 13.2 Å². The van der Waals surface area contributed by atoms with E-state index >= 15 is 0 Å². The quantitative estimate of drug-likeness (QED) is 0.482. The Labute approximate surface area is 132 Å². The maximum atomic E-state index is 10.1. The summed E-state index contributed by atoms with van der Waals surface area (Å²) in [7, 11) is 0. The van der Waals surface area contributed by atoms with Crippen LogP contribution in [-0.2, 0) is 4.74 Å². The van der Waals surface area contributed by atoms with Crippen molar-refractivity contribution >= 4 is 6.09 Å². The van der Waals surface area contributed by atoms with Crippen molar-refractivity contribution in [2.24, 2.45) is 11.5 Å². The molecule has 0 heterocycles. The fraction of sp³-hybridized carbons (Fsp3) is 0.941. The maximum Gasteiger partial charge on any atom is 0.404 e. The summed E-state index contributed by atoms with van der Waals surface area (Å²) >= 11 is 0. The first-order valence-electron chi connectivity index (χ1n) is 8.81. The Morgan fingerprint density at radius 2 is 1.19 bits per heavy atom. The van der Waals surface area contributed by atoms with Gasteiger partial charge in [-0.05, 0) is 19.4 Å². The molecule has 0 bridgehead atoms. The van der Waals surface area contributed by atoms with Crippen molar-refractivity contribution in [3.05, 3.63) is 0 Å². The van der Waals surface area contributed by atoms with Crippen LogP contribution in [0.4, 0.5) is 4.79 Å². The van der Waals surface area contributed by atoms with Gasteiger partial charge in [0.15, 0.2) is 0 Å². The molecule has 0 saturated carbocycles. The van der Waals surface area contributed by atoms with Crippen molar-refractivity contribution in [3.8, 4) is 0 Å². The van der Waals surface area contributed by atoms with Crippen molar-refractivity contribution in [3.63, 3.8) is 0 Å². The van der Waals surface area contributed by atoms with E-state index in [-0.39, 0.29) is 0 Å². The SMILES string of the molecule is CCCCCCCCN.CCCCCCCCOC(N)=O. The molecule has 0 aliphatic carbocycles. The Bertz CT molecular complexity index is 193. The molecule has 4 N–H and O–H groups in total. The molecule has 0 atom stereocenters. The fourth-order valence-electron chi connectivity index (χ4n) is 1.98. The Morgan fingerprint density at radius 1 is 0.762 bits per heavy atom. The normalized spacial score (nSPS) is 9.86. The Kier molecular flexibility index (Phi) is 23.1. The molecule has 4 nitrogen and oxygen atoms in total. The zero-order chi connectivity index (χ0) is 16.2. The van der Waals surface area contributed by atoms with Crippen LogP contribution in [0.5, 0.6) is 0 Å². The van der Waals surface area contributed by atoms with Gasteiger partial charge in [0.05, 0.1) is 6.61 Å². The lowest BCUT2D eigenvalue weighted by molar-refractivity contribution is 0.154. The van der Waals surface area contributed by atoms with Crippen LogP contribution in [0.15, 0.2) is 0 Å². The molecule has 4 heteroatoms. The largest absolute Gasteiger partial charge is 0.450 e. The summed E-state index contributed by atoms with van der Waals surface area (Å²) in [5.74, 6) is 0. The molecule has 0 fully saturated rings. The molecule has 0 unspecified atom stereocenters. The number of hydrogen-bond acceptors (Lipinski definition) is 3. The van der Waals surface area contributed by atoms with Gasteiger partial charge in [-0.3, -0.25) is 0 Å². The minimum atomic E-state index is -0.663. The molecule has 0 aromatic heterocycles. The van der Waals surface area contributed by atoms with Crippen molar-refractivity contribution in [1.29, 1.82) is 0 Å². The van der Waals surface area contributed by atoms with Gasteiger partial charge in [-0.25, -0.2) is 4.79 Å². The highest BCUT2D eigenvalue weighted by Gasteiger charge is 1.93. The highest BCUT2D eigenvalue weighted by atomic mass is 16.5. The number of ether oxygens (including phenoxy) is 1. The van der Waals surface area contributed by atoms with E-state index in [0.29, 0.717) is 6.61 Å². The summed E-state index contributed by atoms with van der Waals surface area (Å²) < 4.78 is 4.59. The fourth-order valence-corrected chi connectivity index (χ4v) is 1.98. The molecule has 0 aromatic carbocycles. The third-order valence-corrected chi connectivity index (χ3v) is 3.30. The molecule has 0 rings (SSSR count). The van der Waals surface area contributed by atoms with Crippen molar-refractivity contribution < 1.29 is 9.53 Å². The monoisotopic (exact) mass is 302 g/mol. The van der Waals surface area contributed by atoms with E-state index in [1.54, 1.807) is 0 Å². The number of amides is 1. The van der Waals surface area contributed by atoms with Gasteiger partial charge in [-0.15, -0.1) is 0 Å². The molecule has 0 aliphatic rings. The van der Waals surface area contributed by atoms with E-state index in [2.05, 4.69) is 18.6 Å². The summed E-state index contributed by atoms with van der Waals surface area (Å²) in [5, 5.41) is 0. The van der Waals surface area contributed by atoms with Gasteiger partial charge in [0, 0.05) is 0 Å². The first-order chi connectivity index (χ1) is 10.2. The smallest absolute Gasteiger partial charge is 0.404 e. The molecule has 0 aromatic rings. The van der Waals surface area contributed by atoms with Crippen LogP contribution in [0.1, 0.15) is 90.9 Å². The number of rotatable bonds is 13. The van der Waals surface area contributed by atoms with Crippen molar-refractivity contribution in [2.45, 2.75) is 90.9 Å². The first-order valence-corrected chi connectivity index (χ1v) is 8.81. The Balaban J connectivity index is 0. The zero-order valence-electron chi connectivity index (χ0n) is 14.4. The minimum Gasteiger partial charge on any atom is -0.450 e. The summed E-state index contributed by atoms with van der Waals surface area (Å²) in [4.78, 5) is 10.1. The van der Waals surface area contributed by atoms with Gasteiger partial charge in [-0.2, -0.15) is 0 Å². The van der Waals surface area contributed by atoms with Crippen LogP contribution in [-0.4, -0.2) is 19.2 Å². The topological polar surface area (TPSA) is 78.3 Å².